The molecule has 0 bridgehead atoms. The van der Waals surface area contributed by atoms with Crippen molar-refractivity contribution in [3.8, 4) is 0 Å². The van der Waals surface area contributed by atoms with Gasteiger partial charge in [-0.15, -0.1) is 0 Å². The summed E-state index contributed by atoms with van der Waals surface area (Å²) in [6.07, 6.45) is 7.57. The smallest absolute Gasteiger partial charge is 0.222 e. The lowest BCUT2D eigenvalue weighted by atomic mass is 9.95. The lowest BCUT2D eigenvalue weighted by Crippen LogP contribution is -2.42. The molecule has 1 rings (SSSR count). The summed E-state index contributed by atoms with van der Waals surface area (Å²) in [5.74, 6) is 0.933. The summed E-state index contributed by atoms with van der Waals surface area (Å²) >= 11 is 0. The molecule has 1 saturated carbocycles. The molecule has 0 saturated heterocycles. The van der Waals surface area contributed by atoms with Gasteiger partial charge in [0.1, 0.15) is 0 Å². The third-order valence-corrected chi connectivity index (χ3v) is 3.92. The molecule has 5 heteroatoms. The number of hydrogen-bond donors (Lipinski definition) is 3. The Morgan fingerprint density at radius 1 is 1.24 bits per heavy atom. The van der Waals surface area contributed by atoms with Crippen LogP contribution in [-0.2, 0) is 4.79 Å². The summed E-state index contributed by atoms with van der Waals surface area (Å²) in [7, 11) is 0. The van der Waals surface area contributed by atoms with Crippen LogP contribution in [0.3, 0.4) is 0 Å². The van der Waals surface area contributed by atoms with Crippen molar-refractivity contribution in [1.82, 2.24) is 16.0 Å². The maximum absolute atomic E-state index is 11.9. The van der Waals surface area contributed by atoms with E-state index in [0.29, 0.717) is 25.0 Å². The second-order valence-electron chi connectivity index (χ2n) is 5.87. The molecule has 0 heterocycles. The summed E-state index contributed by atoms with van der Waals surface area (Å²) in [5.41, 5.74) is 0. The molecule has 3 N–H and O–H groups in total. The average Bonchev–Trinajstić information content (AvgIpc) is 2.48. The summed E-state index contributed by atoms with van der Waals surface area (Å²) in [5, 5.41) is 9.67. The van der Waals surface area contributed by atoms with Crippen molar-refractivity contribution in [2.45, 2.75) is 77.8 Å². The SMILES string of the molecule is CCNC(=NCCC(=O)NC1CCCCC1)NC(C)CC. The first kappa shape index (κ1) is 17.8. The molecule has 5 nitrogen and oxygen atoms in total. The van der Waals surface area contributed by atoms with Gasteiger partial charge >= 0.3 is 0 Å². The maximum atomic E-state index is 11.9. The molecular formula is C16H32N4O. The molecule has 0 aromatic rings. The Morgan fingerprint density at radius 2 is 1.95 bits per heavy atom. The first-order valence-corrected chi connectivity index (χ1v) is 8.49. The van der Waals surface area contributed by atoms with Gasteiger partial charge in [0.05, 0.1) is 6.54 Å². The van der Waals surface area contributed by atoms with Crippen molar-refractivity contribution in [2.24, 2.45) is 4.99 Å². The molecule has 0 aliphatic heterocycles. The van der Waals surface area contributed by atoms with Crippen LogP contribution in [0.5, 0.6) is 0 Å². The van der Waals surface area contributed by atoms with Gasteiger partial charge in [-0.25, -0.2) is 0 Å². The molecule has 21 heavy (non-hydrogen) atoms. The number of carbonyl (C=O) groups excluding carboxylic acids is 1. The Balaban J connectivity index is 2.29. The molecule has 0 radical (unpaired) electrons. The van der Waals surface area contributed by atoms with E-state index in [2.05, 4.69) is 34.8 Å². The normalized spacial score (nSPS) is 18.1. The molecule has 0 aromatic carbocycles. The minimum atomic E-state index is 0.130. The topological polar surface area (TPSA) is 65.5 Å². The van der Waals surface area contributed by atoms with E-state index in [9.17, 15) is 4.79 Å². The number of amides is 1. The molecule has 0 aromatic heterocycles. The Bertz CT molecular complexity index is 324. The van der Waals surface area contributed by atoms with Gasteiger partial charge in [-0.1, -0.05) is 26.2 Å². The molecule has 1 fully saturated rings. The molecule has 0 spiro atoms. The van der Waals surface area contributed by atoms with Gasteiger partial charge in [-0.3, -0.25) is 9.79 Å². The summed E-state index contributed by atoms with van der Waals surface area (Å²) in [6.45, 7) is 7.67. The predicted octanol–water partition coefficient (Wildman–Crippen LogP) is 2.18. The van der Waals surface area contributed by atoms with E-state index in [0.717, 1.165) is 31.8 Å². The number of nitrogens with one attached hydrogen (secondary N) is 3. The van der Waals surface area contributed by atoms with E-state index < -0.39 is 0 Å². The summed E-state index contributed by atoms with van der Waals surface area (Å²) in [4.78, 5) is 16.4. The highest BCUT2D eigenvalue weighted by atomic mass is 16.1. The maximum Gasteiger partial charge on any atom is 0.222 e. The lowest BCUT2D eigenvalue weighted by molar-refractivity contribution is -0.121. The molecular weight excluding hydrogens is 264 g/mol. The van der Waals surface area contributed by atoms with Crippen LogP contribution in [0.15, 0.2) is 4.99 Å². The molecule has 1 aliphatic rings. The van der Waals surface area contributed by atoms with E-state index in [-0.39, 0.29) is 5.91 Å². The highest BCUT2D eigenvalue weighted by Gasteiger charge is 2.15. The molecule has 122 valence electrons. The van der Waals surface area contributed by atoms with Gasteiger partial charge < -0.3 is 16.0 Å². The zero-order valence-electron chi connectivity index (χ0n) is 13.9. The highest BCUT2D eigenvalue weighted by Crippen LogP contribution is 2.17. The summed E-state index contributed by atoms with van der Waals surface area (Å²) in [6, 6.07) is 0.778. The van der Waals surface area contributed by atoms with Crippen molar-refractivity contribution in [3.63, 3.8) is 0 Å². The Labute approximate surface area is 129 Å². The Morgan fingerprint density at radius 3 is 2.57 bits per heavy atom. The van der Waals surface area contributed by atoms with Crippen molar-refractivity contribution < 1.29 is 4.79 Å². The Hall–Kier alpha value is -1.26. The zero-order valence-corrected chi connectivity index (χ0v) is 13.9. The van der Waals surface area contributed by atoms with Crippen molar-refractivity contribution in [3.05, 3.63) is 0 Å². The number of nitrogens with zero attached hydrogens (tertiary/aromatic N) is 1. The van der Waals surface area contributed by atoms with Crippen LogP contribution in [0.4, 0.5) is 0 Å². The monoisotopic (exact) mass is 296 g/mol. The highest BCUT2D eigenvalue weighted by molar-refractivity contribution is 5.81. The Kier molecular flexibility index (Phi) is 8.87. The van der Waals surface area contributed by atoms with Gasteiger partial charge in [0.2, 0.25) is 5.91 Å². The fraction of sp³-hybridized carbons (Fsp3) is 0.875. The van der Waals surface area contributed by atoms with Crippen LogP contribution < -0.4 is 16.0 Å². The zero-order chi connectivity index (χ0) is 15.5. The molecule has 1 unspecified atom stereocenters. The molecule has 1 aliphatic carbocycles. The number of guanidine groups is 1. The fourth-order valence-electron chi connectivity index (χ4n) is 2.47. The van der Waals surface area contributed by atoms with Crippen molar-refractivity contribution in [2.75, 3.05) is 13.1 Å². The third kappa shape index (κ3) is 7.93. The first-order chi connectivity index (χ1) is 10.2. The van der Waals surface area contributed by atoms with Crippen LogP contribution in [0.1, 0.15) is 65.7 Å². The lowest BCUT2D eigenvalue weighted by Gasteiger charge is -2.22. The predicted molar refractivity (Wildman–Crippen MR) is 88.5 cm³/mol. The second-order valence-corrected chi connectivity index (χ2v) is 5.87. The second kappa shape index (κ2) is 10.5. The molecule has 1 amide bonds. The number of hydrogen-bond acceptors (Lipinski definition) is 2. The first-order valence-electron chi connectivity index (χ1n) is 8.49. The molecule has 1 atom stereocenters. The summed E-state index contributed by atoms with van der Waals surface area (Å²) < 4.78 is 0. The van der Waals surface area contributed by atoms with Crippen LogP contribution in [0.2, 0.25) is 0 Å². The van der Waals surface area contributed by atoms with Crippen LogP contribution in [0, 0.1) is 0 Å². The minimum Gasteiger partial charge on any atom is -0.357 e. The van der Waals surface area contributed by atoms with Gasteiger partial charge in [-0.2, -0.15) is 0 Å². The van der Waals surface area contributed by atoms with Gasteiger partial charge in [0.15, 0.2) is 5.96 Å². The number of carbonyl (C=O) groups is 1. The van der Waals surface area contributed by atoms with Crippen molar-refractivity contribution >= 4 is 11.9 Å². The largest absolute Gasteiger partial charge is 0.357 e. The van der Waals surface area contributed by atoms with E-state index >= 15 is 0 Å². The van der Waals surface area contributed by atoms with Crippen LogP contribution in [-0.4, -0.2) is 37.0 Å². The van der Waals surface area contributed by atoms with E-state index in [1.54, 1.807) is 0 Å². The van der Waals surface area contributed by atoms with E-state index in [1.807, 2.05) is 6.92 Å². The van der Waals surface area contributed by atoms with E-state index in [1.165, 1.54) is 19.3 Å². The minimum absolute atomic E-state index is 0.130. The average molecular weight is 296 g/mol. The number of rotatable bonds is 7. The van der Waals surface area contributed by atoms with E-state index in [4.69, 9.17) is 0 Å². The van der Waals surface area contributed by atoms with Gasteiger partial charge in [0.25, 0.3) is 0 Å². The van der Waals surface area contributed by atoms with Crippen LogP contribution >= 0.6 is 0 Å². The third-order valence-electron chi connectivity index (χ3n) is 3.92. The fourth-order valence-corrected chi connectivity index (χ4v) is 2.47. The quantitative estimate of drug-likeness (QED) is 0.498. The van der Waals surface area contributed by atoms with Gasteiger partial charge in [-0.05, 0) is 33.1 Å². The van der Waals surface area contributed by atoms with Gasteiger partial charge in [0, 0.05) is 25.0 Å². The van der Waals surface area contributed by atoms with Crippen molar-refractivity contribution in [1.29, 1.82) is 0 Å². The number of aliphatic imine (C=N–C) groups is 1. The van der Waals surface area contributed by atoms with Crippen LogP contribution in [0.25, 0.3) is 0 Å². The standard InChI is InChI=1S/C16H32N4O/c1-4-13(3)19-16(17-5-2)18-12-11-15(21)20-14-9-7-6-8-10-14/h13-14H,4-12H2,1-3H3,(H,20,21)(H2,17,18,19).